The third-order valence-electron chi connectivity index (χ3n) is 1.74. The van der Waals surface area contributed by atoms with E-state index in [2.05, 4.69) is 17.9 Å². The van der Waals surface area contributed by atoms with E-state index in [-0.39, 0.29) is 0 Å². The second-order valence-corrected chi connectivity index (χ2v) is 3.82. The molecule has 1 N–H and O–H groups in total. The van der Waals surface area contributed by atoms with Crippen LogP contribution in [0.25, 0.3) is 5.70 Å². The van der Waals surface area contributed by atoms with E-state index >= 15 is 0 Å². The van der Waals surface area contributed by atoms with Crippen LogP contribution in [0.1, 0.15) is 12.5 Å². The SMILES string of the molecule is CN/C(=C(/C)S)c1ccc(Cl)cc1. The molecule has 0 fully saturated rings. The standard InChI is InChI=1S/C10H12ClNS/c1-7(13)10(12-2)8-3-5-9(11)6-4-8/h3-6,12-13H,1-2H3/b10-7-. The minimum Gasteiger partial charge on any atom is -0.387 e. The Morgan fingerprint density at radius 1 is 1.31 bits per heavy atom. The molecule has 3 heteroatoms. The van der Waals surface area contributed by atoms with Crippen LogP contribution in [0, 0.1) is 0 Å². The second-order valence-electron chi connectivity index (χ2n) is 2.72. The van der Waals surface area contributed by atoms with Gasteiger partial charge in [0.05, 0.1) is 5.70 Å². The molecule has 0 atom stereocenters. The molecule has 13 heavy (non-hydrogen) atoms. The lowest BCUT2D eigenvalue weighted by Gasteiger charge is -2.08. The maximum absolute atomic E-state index is 5.78. The third kappa shape index (κ3) is 2.68. The van der Waals surface area contributed by atoms with Crippen LogP contribution in [-0.4, -0.2) is 7.05 Å². The molecule has 0 radical (unpaired) electrons. The van der Waals surface area contributed by atoms with Gasteiger partial charge in [0.15, 0.2) is 0 Å². The molecule has 0 aliphatic carbocycles. The quantitative estimate of drug-likeness (QED) is 0.720. The van der Waals surface area contributed by atoms with E-state index in [1.165, 1.54) is 0 Å². The van der Waals surface area contributed by atoms with Crippen LogP contribution in [0.2, 0.25) is 5.02 Å². The van der Waals surface area contributed by atoms with Crippen LogP contribution in [0.5, 0.6) is 0 Å². The molecule has 0 bridgehead atoms. The Hall–Kier alpha value is -0.600. The summed E-state index contributed by atoms with van der Waals surface area (Å²) in [6.07, 6.45) is 0. The number of hydrogen-bond donors (Lipinski definition) is 2. The lowest BCUT2D eigenvalue weighted by molar-refractivity contribution is 1.12. The zero-order chi connectivity index (χ0) is 9.84. The minimum absolute atomic E-state index is 0.746. The summed E-state index contributed by atoms with van der Waals surface area (Å²) in [4.78, 5) is 0.963. The summed E-state index contributed by atoms with van der Waals surface area (Å²) >= 11 is 10.1. The molecule has 0 spiro atoms. The van der Waals surface area contributed by atoms with E-state index in [4.69, 9.17) is 11.6 Å². The molecular weight excluding hydrogens is 202 g/mol. The smallest absolute Gasteiger partial charge is 0.0502 e. The van der Waals surface area contributed by atoms with Gasteiger partial charge in [-0.15, -0.1) is 12.6 Å². The lowest BCUT2D eigenvalue weighted by Crippen LogP contribution is -2.05. The summed E-state index contributed by atoms with van der Waals surface area (Å²) < 4.78 is 0. The predicted molar refractivity (Wildman–Crippen MR) is 62.1 cm³/mol. The molecule has 1 nitrogen and oxygen atoms in total. The van der Waals surface area contributed by atoms with Gasteiger partial charge >= 0.3 is 0 Å². The summed E-state index contributed by atoms with van der Waals surface area (Å²) in [5, 5.41) is 3.84. The van der Waals surface area contributed by atoms with Crippen molar-refractivity contribution >= 4 is 29.9 Å². The van der Waals surface area contributed by atoms with Crippen molar-refractivity contribution in [1.29, 1.82) is 0 Å². The van der Waals surface area contributed by atoms with Gasteiger partial charge in [0, 0.05) is 17.0 Å². The molecule has 1 aromatic rings. The highest BCUT2D eigenvalue weighted by molar-refractivity contribution is 7.84. The van der Waals surface area contributed by atoms with Crippen molar-refractivity contribution < 1.29 is 0 Å². The summed E-state index contributed by atoms with van der Waals surface area (Å²) in [6, 6.07) is 7.66. The summed E-state index contributed by atoms with van der Waals surface area (Å²) in [5.41, 5.74) is 2.12. The number of rotatable bonds is 2. The largest absolute Gasteiger partial charge is 0.387 e. The van der Waals surface area contributed by atoms with Crippen molar-refractivity contribution in [1.82, 2.24) is 5.32 Å². The average Bonchev–Trinajstić information content (AvgIpc) is 2.09. The van der Waals surface area contributed by atoms with Crippen LogP contribution in [0.15, 0.2) is 29.2 Å². The van der Waals surface area contributed by atoms with Gasteiger partial charge in [-0.1, -0.05) is 23.7 Å². The topological polar surface area (TPSA) is 12.0 Å². The van der Waals surface area contributed by atoms with Gasteiger partial charge in [-0.25, -0.2) is 0 Å². The molecule has 1 aromatic carbocycles. The first-order valence-corrected chi connectivity index (χ1v) is 4.81. The van der Waals surface area contributed by atoms with Crippen molar-refractivity contribution in [3.05, 3.63) is 39.8 Å². The maximum Gasteiger partial charge on any atom is 0.0502 e. The number of nitrogens with one attached hydrogen (secondary N) is 1. The number of thiol groups is 1. The molecule has 0 aliphatic heterocycles. The van der Waals surface area contributed by atoms with Crippen molar-refractivity contribution in [2.24, 2.45) is 0 Å². The van der Waals surface area contributed by atoms with Gasteiger partial charge in [0.25, 0.3) is 0 Å². The van der Waals surface area contributed by atoms with Gasteiger partial charge in [-0.3, -0.25) is 0 Å². The molecule has 70 valence electrons. The molecule has 0 saturated heterocycles. The van der Waals surface area contributed by atoms with E-state index in [0.717, 1.165) is 21.2 Å². The van der Waals surface area contributed by atoms with E-state index in [1.54, 1.807) is 0 Å². The van der Waals surface area contributed by atoms with Gasteiger partial charge in [0.2, 0.25) is 0 Å². The summed E-state index contributed by atoms with van der Waals surface area (Å²) in [7, 11) is 1.88. The van der Waals surface area contributed by atoms with Gasteiger partial charge in [-0.05, 0) is 24.6 Å². The number of hydrogen-bond acceptors (Lipinski definition) is 2. The number of allylic oxidation sites excluding steroid dienone is 1. The van der Waals surface area contributed by atoms with Gasteiger partial charge in [0.1, 0.15) is 0 Å². The zero-order valence-corrected chi connectivity index (χ0v) is 9.28. The lowest BCUT2D eigenvalue weighted by atomic mass is 10.1. The highest BCUT2D eigenvalue weighted by Gasteiger charge is 2.00. The predicted octanol–water partition coefficient (Wildman–Crippen LogP) is 3.18. The molecule has 0 amide bonds. The molecule has 0 unspecified atom stereocenters. The van der Waals surface area contributed by atoms with E-state index < -0.39 is 0 Å². The Morgan fingerprint density at radius 2 is 1.85 bits per heavy atom. The average molecular weight is 214 g/mol. The van der Waals surface area contributed by atoms with Crippen molar-refractivity contribution in [3.63, 3.8) is 0 Å². The van der Waals surface area contributed by atoms with E-state index in [1.807, 2.05) is 38.2 Å². The molecule has 0 aromatic heterocycles. The normalized spacial score (nSPS) is 12.3. The van der Waals surface area contributed by atoms with Crippen molar-refractivity contribution in [2.75, 3.05) is 7.05 Å². The van der Waals surface area contributed by atoms with E-state index in [9.17, 15) is 0 Å². The monoisotopic (exact) mass is 213 g/mol. The van der Waals surface area contributed by atoms with Gasteiger partial charge < -0.3 is 5.32 Å². The third-order valence-corrected chi connectivity index (χ3v) is 2.22. The zero-order valence-electron chi connectivity index (χ0n) is 7.63. The minimum atomic E-state index is 0.746. The highest BCUT2D eigenvalue weighted by Crippen LogP contribution is 2.19. The van der Waals surface area contributed by atoms with E-state index in [0.29, 0.717) is 0 Å². The van der Waals surface area contributed by atoms with Gasteiger partial charge in [-0.2, -0.15) is 0 Å². The summed E-state index contributed by atoms with van der Waals surface area (Å²) in [6.45, 7) is 1.95. The van der Waals surface area contributed by atoms with Crippen molar-refractivity contribution in [2.45, 2.75) is 6.92 Å². The van der Waals surface area contributed by atoms with Crippen LogP contribution in [0.3, 0.4) is 0 Å². The Balaban J connectivity index is 3.07. The molecule has 1 rings (SSSR count). The van der Waals surface area contributed by atoms with Crippen LogP contribution in [0.4, 0.5) is 0 Å². The molecule has 0 heterocycles. The Bertz CT molecular complexity index is 312. The molecule has 0 saturated carbocycles. The highest BCUT2D eigenvalue weighted by atomic mass is 35.5. The molecular formula is C10H12ClNS. The van der Waals surface area contributed by atoms with Crippen LogP contribution < -0.4 is 5.32 Å². The first-order valence-electron chi connectivity index (χ1n) is 3.98. The Morgan fingerprint density at radius 3 is 2.23 bits per heavy atom. The first-order chi connectivity index (χ1) is 6.15. The fourth-order valence-electron chi connectivity index (χ4n) is 1.15. The fourth-order valence-corrected chi connectivity index (χ4v) is 1.52. The fraction of sp³-hybridized carbons (Fsp3) is 0.200. The Labute approximate surface area is 89.2 Å². The maximum atomic E-state index is 5.78. The first kappa shape index (κ1) is 10.5. The van der Waals surface area contributed by atoms with Crippen molar-refractivity contribution in [3.8, 4) is 0 Å². The summed E-state index contributed by atoms with van der Waals surface area (Å²) in [5.74, 6) is 0. The molecule has 0 aliphatic rings. The number of benzene rings is 1. The van der Waals surface area contributed by atoms with Crippen LogP contribution in [-0.2, 0) is 0 Å². The second kappa shape index (κ2) is 4.58. The number of halogens is 1. The Kier molecular flexibility index (Phi) is 3.70. The van der Waals surface area contributed by atoms with Crippen LogP contribution >= 0.6 is 24.2 Å².